The molecule has 3 nitrogen and oxygen atoms in total. The van der Waals surface area contributed by atoms with Crippen molar-refractivity contribution in [2.45, 2.75) is 31.8 Å². The summed E-state index contributed by atoms with van der Waals surface area (Å²) in [6, 6.07) is 7.84. The Kier molecular flexibility index (Phi) is 3.66. The van der Waals surface area contributed by atoms with Crippen molar-refractivity contribution in [3.8, 4) is 0 Å². The Bertz CT molecular complexity index is 665. The van der Waals surface area contributed by atoms with Gasteiger partial charge in [0.15, 0.2) is 0 Å². The molecule has 2 bridgehead atoms. The highest BCUT2D eigenvalue weighted by molar-refractivity contribution is 5.80. The lowest BCUT2D eigenvalue weighted by Gasteiger charge is -2.28. The number of hydrogen-bond acceptors (Lipinski definition) is 2. The zero-order chi connectivity index (χ0) is 15.1. The molecule has 1 aliphatic carbocycles. The summed E-state index contributed by atoms with van der Waals surface area (Å²) in [5, 5.41) is 0.959. The molecule has 2 heterocycles. The van der Waals surface area contributed by atoms with Crippen LogP contribution in [0.5, 0.6) is 0 Å². The van der Waals surface area contributed by atoms with E-state index in [2.05, 4.69) is 27.9 Å². The normalized spacial score (nSPS) is 24.9. The summed E-state index contributed by atoms with van der Waals surface area (Å²) in [5.41, 5.74) is 2.17. The van der Waals surface area contributed by atoms with Crippen LogP contribution in [0.2, 0.25) is 0 Å². The molecule has 118 valence electrons. The number of piperidine rings is 1. The maximum atomic E-state index is 13.2. The van der Waals surface area contributed by atoms with E-state index in [4.69, 9.17) is 0 Å². The number of aromatic amines is 1. The van der Waals surface area contributed by atoms with Gasteiger partial charge in [0.1, 0.15) is 5.82 Å². The fourth-order valence-electron chi connectivity index (χ4n) is 4.22. The van der Waals surface area contributed by atoms with Crippen LogP contribution in [0.4, 0.5) is 4.39 Å². The van der Waals surface area contributed by atoms with Crippen molar-refractivity contribution in [3.05, 3.63) is 35.8 Å². The first-order valence-electron chi connectivity index (χ1n) is 8.37. The number of likely N-dealkylation sites (tertiary alicyclic amines) is 1. The zero-order valence-electron chi connectivity index (χ0n) is 13.2. The minimum Gasteiger partial charge on any atom is -0.357 e. The molecule has 0 unspecified atom stereocenters. The van der Waals surface area contributed by atoms with Gasteiger partial charge in [0.05, 0.1) is 0 Å². The fraction of sp³-hybridized carbons (Fsp3) is 0.556. The maximum absolute atomic E-state index is 13.2. The summed E-state index contributed by atoms with van der Waals surface area (Å²) in [6.45, 7) is 4.46. The molecule has 1 N–H and O–H groups in total. The van der Waals surface area contributed by atoms with Gasteiger partial charge in [-0.15, -0.1) is 0 Å². The summed E-state index contributed by atoms with van der Waals surface area (Å²) in [4.78, 5) is 8.41. The molecule has 2 aliphatic rings. The van der Waals surface area contributed by atoms with E-state index in [0.29, 0.717) is 0 Å². The van der Waals surface area contributed by atoms with Crippen LogP contribution in [-0.2, 0) is 6.54 Å². The van der Waals surface area contributed by atoms with Gasteiger partial charge in [-0.25, -0.2) is 4.39 Å². The van der Waals surface area contributed by atoms with Crippen LogP contribution in [-0.4, -0.2) is 47.5 Å². The molecule has 2 aromatic rings. The second-order valence-electron chi connectivity index (χ2n) is 7.09. The van der Waals surface area contributed by atoms with Crippen molar-refractivity contribution >= 4 is 10.9 Å². The highest BCUT2D eigenvalue weighted by Crippen LogP contribution is 2.36. The lowest BCUT2D eigenvalue weighted by atomic mass is 10.1. The van der Waals surface area contributed by atoms with Gasteiger partial charge in [-0.05, 0) is 56.5 Å². The van der Waals surface area contributed by atoms with Crippen LogP contribution in [0, 0.1) is 11.7 Å². The average Bonchev–Trinajstić information content (AvgIpc) is 3.18. The van der Waals surface area contributed by atoms with Gasteiger partial charge >= 0.3 is 0 Å². The third-order valence-corrected chi connectivity index (χ3v) is 5.37. The first-order chi connectivity index (χ1) is 10.7. The minimum atomic E-state index is -0.171. The predicted molar refractivity (Wildman–Crippen MR) is 87.3 cm³/mol. The number of fused-ring (bicyclic) bond motifs is 3. The van der Waals surface area contributed by atoms with Crippen molar-refractivity contribution < 1.29 is 4.39 Å². The van der Waals surface area contributed by atoms with Crippen molar-refractivity contribution in [1.82, 2.24) is 14.8 Å². The number of likely N-dealkylation sites (N-methyl/N-ethyl adjacent to an activating group) is 1. The van der Waals surface area contributed by atoms with Gasteiger partial charge in [-0.1, -0.05) is 0 Å². The first kappa shape index (κ1) is 14.2. The molecule has 1 aromatic carbocycles. The molecular weight excluding hydrogens is 277 g/mol. The van der Waals surface area contributed by atoms with Crippen LogP contribution in [0.15, 0.2) is 24.3 Å². The Balaban J connectivity index is 1.33. The van der Waals surface area contributed by atoms with Gasteiger partial charge in [-0.2, -0.15) is 0 Å². The number of nitrogens with one attached hydrogen (secondary N) is 1. The molecular formula is C18H24FN3. The van der Waals surface area contributed by atoms with E-state index in [9.17, 15) is 4.39 Å². The van der Waals surface area contributed by atoms with Crippen molar-refractivity contribution in [2.24, 2.45) is 5.92 Å². The second-order valence-corrected chi connectivity index (χ2v) is 7.09. The third kappa shape index (κ3) is 2.77. The smallest absolute Gasteiger partial charge is 0.123 e. The molecule has 1 aromatic heterocycles. The van der Waals surface area contributed by atoms with E-state index in [1.54, 1.807) is 6.07 Å². The molecule has 4 rings (SSSR count). The summed E-state index contributed by atoms with van der Waals surface area (Å²) in [6.07, 6.45) is 4.28. The van der Waals surface area contributed by atoms with E-state index in [-0.39, 0.29) is 5.82 Å². The minimum absolute atomic E-state index is 0.171. The van der Waals surface area contributed by atoms with Crippen LogP contribution in [0.1, 0.15) is 25.0 Å². The number of H-pyrrole nitrogens is 1. The molecule has 2 atom stereocenters. The lowest BCUT2D eigenvalue weighted by Crippen LogP contribution is -2.38. The molecule has 2 fully saturated rings. The summed E-state index contributed by atoms with van der Waals surface area (Å²) in [5.74, 6) is 0.800. The molecule has 22 heavy (non-hydrogen) atoms. The maximum Gasteiger partial charge on any atom is 0.123 e. The van der Waals surface area contributed by atoms with Crippen molar-refractivity contribution in [3.63, 3.8) is 0 Å². The number of aromatic nitrogens is 1. The Morgan fingerprint density at radius 2 is 2.23 bits per heavy atom. The molecule has 0 spiro atoms. The first-order valence-corrected chi connectivity index (χ1v) is 8.37. The molecule has 1 saturated heterocycles. The SMILES string of the molecule is CN(CCN1C[C@@H]2CC[C@H]1C2)Cc1cc2cc(F)ccc2[nH]1. The Morgan fingerprint density at radius 3 is 3.00 bits per heavy atom. The van der Waals surface area contributed by atoms with Crippen LogP contribution < -0.4 is 0 Å². The number of halogens is 1. The molecule has 1 aliphatic heterocycles. The predicted octanol–water partition coefficient (Wildman–Crippen LogP) is 3.22. The van der Waals surface area contributed by atoms with Gasteiger partial charge in [0, 0.05) is 48.8 Å². The fourth-order valence-corrected chi connectivity index (χ4v) is 4.22. The van der Waals surface area contributed by atoms with Crippen molar-refractivity contribution in [2.75, 3.05) is 26.7 Å². The quantitative estimate of drug-likeness (QED) is 0.916. The Hall–Kier alpha value is -1.39. The summed E-state index contributed by atoms with van der Waals surface area (Å²) in [7, 11) is 2.17. The lowest BCUT2D eigenvalue weighted by molar-refractivity contribution is 0.181. The standard InChI is InChI=1S/C18H24FN3/c1-21(6-7-22-11-13-2-4-17(22)8-13)12-16-10-14-9-15(19)3-5-18(14)20-16/h3,5,9-10,13,17,20H,2,4,6-8,11-12H2,1H3/t13-,17+/m1/s1. The van der Waals surface area contributed by atoms with Gasteiger partial charge in [-0.3, -0.25) is 9.80 Å². The van der Waals surface area contributed by atoms with Crippen LogP contribution >= 0.6 is 0 Å². The summed E-state index contributed by atoms with van der Waals surface area (Å²) >= 11 is 0. The summed E-state index contributed by atoms with van der Waals surface area (Å²) < 4.78 is 13.2. The second kappa shape index (κ2) is 5.67. The molecule has 0 amide bonds. The molecule has 0 radical (unpaired) electrons. The van der Waals surface area contributed by atoms with E-state index in [1.165, 1.54) is 38.4 Å². The Morgan fingerprint density at radius 1 is 1.32 bits per heavy atom. The Labute approximate surface area is 131 Å². The van der Waals surface area contributed by atoms with Crippen molar-refractivity contribution in [1.29, 1.82) is 0 Å². The highest BCUT2D eigenvalue weighted by Gasteiger charge is 2.37. The van der Waals surface area contributed by atoms with Crippen LogP contribution in [0.25, 0.3) is 10.9 Å². The van der Waals surface area contributed by atoms with Crippen LogP contribution in [0.3, 0.4) is 0 Å². The monoisotopic (exact) mass is 301 g/mol. The van der Waals surface area contributed by atoms with Gasteiger partial charge in [0.2, 0.25) is 0 Å². The zero-order valence-corrected chi connectivity index (χ0v) is 13.2. The topological polar surface area (TPSA) is 22.3 Å². The molecule has 4 heteroatoms. The molecule has 1 saturated carbocycles. The van der Waals surface area contributed by atoms with Gasteiger partial charge < -0.3 is 4.98 Å². The van der Waals surface area contributed by atoms with E-state index < -0.39 is 0 Å². The number of benzene rings is 1. The van der Waals surface area contributed by atoms with E-state index in [1.807, 2.05) is 6.07 Å². The van der Waals surface area contributed by atoms with Gasteiger partial charge in [0.25, 0.3) is 0 Å². The third-order valence-electron chi connectivity index (χ3n) is 5.37. The number of rotatable bonds is 5. The van der Waals surface area contributed by atoms with E-state index in [0.717, 1.165) is 41.6 Å². The average molecular weight is 301 g/mol. The largest absolute Gasteiger partial charge is 0.357 e. The number of nitrogens with zero attached hydrogens (tertiary/aromatic N) is 2. The number of hydrogen-bond donors (Lipinski definition) is 1. The highest BCUT2D eigenvalue weighted by atomic mass is 19.1. The van der Waals surface area contributed by atoms with E-state index >= 15 is 0 Å².